The van der Waals surface area contributed by atoms with Gasteiger partial charge in [0.1, 0.15) is 51.7 Å². The predicted octanol–water partition coefficient (Wildman–Crippen LogP) is 20.8. The van der Waals surface area contributed by atoms with E-state index in [1.807, 2.05) is 0 Å². The smallest absolute Gasteiger partial charge is 0.343 e. The van der Waals surface area contributed by atoms with Gasteiger partial charge in [0.2, 0.25) is 0 Å². The fourth-order valence-electron chi connectivity index (χ4n) is 11.0. The third-order valence-corrected chi connectivity index (χ3v) is 17.2. The number of carbonyl (C=O) groups excluding carboxylic acids is 6. The Balaban J connectivity index is 0.769. The van der Waals surface area contributed by atoms with Crippen LogP contribution in [0.2, 0.25) is 0 Å². The zero-order valence-corrected chi connectivity index (χ0v) is 61.9. The maximum atomic E-state index is 13.5. The molecule has 0 atom stereocenters. The predicted molar refractivity (Wildman–Crippen MR) is 405 cm³/mol. The molecule has 0 radical (unpaired) electrons. The monoisotopic (exact) mass is 1440 g/mol. The second kappa shape index (κ2) is 49.8. The van der Waals surface area contributed by atoms with E-state index < -0.39 is 35.8 Å². The molecule has 18 nitrogen and oxygen atoms in total. The van der Waals surface area contributed by atoms with E-state index in [0.29, 0.717) is 110 Å². The van der Waals surface area contributed by atoms with Crippen molar-refractivity contribution < 1.29 is 85.6 Å². The summed E-state index contributed by atoms with van der Waals surface area (Å²) in [6.07, 6.45) is 25.3. The van der Waals surface area contributed by atoms with Crippen molar-refractivity contribution in [1.82, 2.24) is 0 Å². The van der Waals surface area contributed by atoms with Crippen molar-refractivity contribution in [3.8, 4) is 51.7 Å². The molecule has 0 heterocycles. The van der Waals surface area contributed by atoms with Gasteiger partial charge in [0.25, 0.3) is 0 Å². The lowest BCUT2D eigenvalue weighted by molar-refractivity contribution is 0.0491. The van der Waals surface area contributed by atoms with Crippen LogP contribution < -0.4 is 42.6 Å². The first kappa shape index (κ1) is 82.4. The summed E-state index contributed by atoms with van der Waals surface area (Å²) in [5, 5.41) is 0. The zero-order chi connectivity index (χ0) is 74.2. The largest absolute Gasteiger partial charge is 0.494 e. The van der Waals surface area contributed by atoms with E-state index in [2.05, 4.69) is 20.8 Å². The van der Waals surface area contributed by atoms with E-state index in [4.69, 9.17) is 56.8 Å². The molecule has 7 aromatic carbocycles. The second-order valence-corrected chi connectivity index (χ2v) is 25.9. The molecule has 564 valence electrons. The molecule has 0 aliphatic rings. The third-order valence-electron chi connectivity index (χ3n) is 17.2. The van der Waals surface area contributed by atoms with Crippen LogP contribution >= 0.6 is 0 Å². The average molecular weight is 1440 g/mol. The lowest BCUT2D eigenvalue weighted by Gasteiger charge is -2.11. The molecule has 0 aliphatic heterocycles. The number of rotatable bonds is 54. The molecule has 0 amide bonds. The van der Waals surface area contributed by atoms with Gasteiger partial charge in [-0.3, -0.25) is 0 Å². The maximum Gasteiger partial charge on any atom is 0.343 e. The van der Waals surface area contributed by atoms with Crippen molar-refractivity contribution >= 4 is 35.8 Å². The Morgan fingerprint density at radius 3 is 0.571 bits per heavy atom. The third kappa shape index (κ3) is 33.2. The first-order chi connectivity index (χ1) is 51.5. The van der Waals surface area contributed by atoms with Crippen LogP contribution in [-0.4, -0.2) is 95.3 Å². The molecule has 0 N–H and O–H groups in total. The summed E-state index contributed by atoms with van der Waals surface area (Å²) in [5.74, 6) is 2.20. The Morgan fingerprint density at radius 1 is 0.190 bits per heavy atom. The van der Waals surface area contributed by atoms with Gasteiger partial charge in [-0.15, -0.1) is 0 Å². The summed E-state index contributed by atoms with van der Waals surface area (Å²) in [5.41, 5.74) is 1.42. The van der Waals surface area contributed by atoms with Crippen LogP contribution in [0.15, 0.2) is 164 Å². The van der Waals surface area contributed by atoms with Gasteiger partial charge in [-0.1, -0.05) is 136 Å². The van der Waals surface area contributed by atoms with Crippen LogP contribution in [0.5, 0.6) is 51.7 Å². The zero-order valence-electron chi connectivity index (χ0n) is 61.9. The summed E-state index contributed by atoms with van der Waals surface area (Å²) in [6, 6.07) is 46.0. The molecule has 105 heavy (non-hydrogen) atoms. The van der Waals surface area contributed by atoms with E-state index in [9.17, 15) is 28.8 Å². The highest BCUT2D eigenvalue weighted by atomic mass is 16.6. The van der Waals surface area contributed by atoms with Crippen LogP contribution in [0.3, 0.4) is 0 Å². The van der Waals surface area contributed by atoms with Crippen LogP contribution in [0.25, 0.3) is 0 Å². The topological polar surface area (TPSA) is 213 Å². The minimum atomic E-state index is -0.653. The average Bonchev–Trinajstić information content (AvgIpc) is 0.829. The number of carbonyl (C=O) groups is 6. The minimum absolute atomic E-state index is 0.0564. The molecule has 0 saturated carbocycles. The fourth-order valence-corrected chi connectivity index (χ4v) is 11.0. The molecular formula is C87H108O18. The Morgan fingerprint density at radius 2 is 0.362 bits per heavy atom. The Labute approximate surface area is 621 Å². The van der Waals surface area contributed by atoms with Gasteiger partial charge in [0, 0.05) is 0 Å². The van der Waals surface area contributed by atoms with Crippen LogP contribution in [-0.2, 0) is 14.2 Å². The molecule has 18 heteroatoms. The first-order valence-corrected chi connectivity index (χ1v) is 38.2. The van der Waals surface area contributed by atoms with E-state index in [-0.39, 0.29) is 36.5 Å². The Hall–Kier alpha value is -9.84. The van der Waals surface area contributed by atoms with Crippen molar-refractivity contribution in [3.05, 3.63) is 197 Å². The lowest BCUT2D eigenvalue weighted by atomic mass is 10.1. The second-order valence-electron chi connectivity index (χ2n) is 25.9. The van der Waals surface area contributed by atoms with E-state index in [0.717, 1.165) is 171 Å². The van der Waals surface area contributed by atoms with E-state index >= 15 is 0 Å². The summed E-state index contributed by atoms with van der Waals surface area (Å²) < 4.78 is 68.7. The molecule has 7 aromatic rings. The van der Waals surface area contributed by atoms with Gasteiger partial charge in [-0.2, -0.15) is 0 Å². The molecule has 0 spiro atoms. The van der Waals surface area contributed by atoms with Crippen LogP contribution in [0.4, 0.5) is 0 Å². The quantitative estimate of drug-likeness (QED) is 0.0150. The summed E-state index contributed by atoms with van der Waals surface area (Å²) in [6.45, 7) is 10.5. The molecule has 0 aromatic heterocycles. The lowest BCUT2D eigenvalue weighted by Crippen LogP contribution is -2.14. The van der Waals surface area contributed by atoms with Gasteiger partial charge in [-0.05, 0) is 222 Å². The van der Waals surface area contributed by atoms with Crippen molar-refractivity contribution in [2.75, 3.05) is 59.5 Å². The number of hydrogen-bond acceptors (Lipinski definition) is 18. The minimum Gasteiger partial charge on any atom is -0.494 e. The highest BCUT2D eigenvalue weighted by Gasteiger charge is 2.20. The first-order valence-electron chi connectivity index (χ1n) is 38.2. The van der Waals surface area contributed by atoms with Gasteiger partial charge in [-0.25, -0.2) is 28.8 Å². The normalized spacial score (nSPS) is 10.9. The molecule has 0 aliphatic carbocycles. The summed E-state index contributed by atoms with van der Waals surface area (Å²) >= 11 is 0. The Kier molecular flexibility index (Phi) is 39.1. The van der Waals surface area contributed by atoms with Crippen molar-refractivity contribution in [3.63, 3.8) is 0 Å². The van der Waals surface area contributed by atoms with Crippen LogP contribution in [0, 0.1) is 0 Å². The van der Waals surface area contributed by atoms with Gasteiger partial charge < -0.3 is 56.8 Å². The van der Waals surface area contributed by atoms with Crippen molar-refractivity contribution in [2.24, 2.45) is 0 Å². The van der Waals surface area contributed by atoms with Gasteiger partial charge in [0.05, 0.1) is 92.8 Å². The molecular weight excluding hydrogens is 1330 g/mol. The van der Waals surface area contributed by atoms with Crippen LogP contribution in [0.1, 0.15) is 256 Å². The number of ether oxygens (including phenoxy) is 12. The highest BCUT2D eigenvalue weighted by Crippen LogP contribution is 2.26. The number of esters is 6. The Bertz CT molecular complexity index is 3220. The standard InChI is InChI=1S/C87H108O18/c1-4-7-22-55-94-76-43-49-79(50-44-76)103-85(91)67-31-37-73(38-32-67)97-58-25-16-10-13-19-28-61-100-82(88)70-64-71(83(89)101-62-29-20-14-11-17-26-59-98-74-39-33-68(34-40-74)86(92)104-80-51-45-77(46-52-80)95-56-23-8-5-2)66-72(65-70)84(90)102-63-30-21-15-12-18-27-60-99-75-41-35-69(36-42-75)87(93)105-81-53-47-78(48-54-81)96-57-24-9-6-3/h31-54,64-66H,4-30,55-63H2,1-3H3. The molecule has 0 unspecified atom stereocenters. The maximum absolute atomic E-state index is 13.5. The summed E-state index contributed by atoms with van der Waals surface area (Å²) in [7, 11) is 0. The number of unbranched alkanes of at least 4 members (excludes halogenated alkanes) is 21. The SMILES string of the molecule is CCCCCOc1ccc(OC(=O)c2ccc(OCCCCCCCCOC(=O)c3cc(C(=O)OCCCCCCCCOc4ccc(C(=O)Oc5ccc(OCCCCC)cc5)cc4)cc(C(=O)OCCCCCCCCOc4ccc(C(=O)Oc5ccc(OCCCCC)cc5)cc4)c3)cc2)cc1. The van der Waals surface area contributed by atoms with Crippen molar-refractivity contribution in [1.29, 1.82) is 0 Å². The fraction of sp³-hybridized carbons (Fsp3) is 0.448. The molecule has 0 fully saturated rings. The number of hydrogen-bond donors (Lipinski definition) is 0. The molecule has 0 bridgehead atoms. The van der Waals surface area contributed by atoms with Gasteiger partial charge in [0.15, 0.2) is 0 Å². The molecule has 7 rings (SSSR count). The summed E-state index contributed by atoms with van der Waals surface area (Å²) in [4.78, 5) is 78.9. The highest BCUT2D eigenvalue weighted by molar-refractivity contribution is 6.00. The number of benzene rings is 7. The van der Waals surface area contributed by atoms with E-state index in [1.54, 1.807) is 146 Å². The molecule has 0 saturated heterocycles. The van der Waals surface area contributed by atoms with Gasteiger partial charge >= 0.3 is 35.8 Å². The van der Waals surface area contributed by atoms with E-state index in [1.165, 1.54) is 18.2 Å². The van der Waals surface area contributed by atoms with Crippen molar-refractivity contribution in [2.45, 2.75) is 194 Å².